The summed E-state index contributed by atoms with van der Waals surface area (Å²) in [6.45, 7) is 2.66. The first-order valence-corrected chi connectivity index (χ1v) is 8.51. The van der Waals surface area contributed by atoms with Crippen molar-refractivity contribution >= 4 is 16.1 Å². The molecule has 0 heterocycles. The third-order valence-corrected chi connectivity index (χ3v) is 4.48. The summed E-state index contributed by atoms with van der Waals surface area (Å²) < 4.78 is 94.2. The van der Waals surface area contributed by atoms with Crippen LogP contribution in [0.5, 0.6) is 0 Å². The largest absolute Gasteiger partial charge is 0.420 e. The zero-order valence-corrected chi connectivity index (χ0v) is 14.3. The number of allylic oxidation sites excluding steroid dienone is 1. The van der Waals surface area contributed by atoms with Crippen LogP contribution < -0.4 is 0 Å². The second kappa shape index (κ2) is 8.25. The quantitative estimate of drug-likeness (QED) is 0.272. The minimum Gasteiger partial charge on any atom is -0.420 e. The lowest BCUT2D eigenvalue weighted by molar-refractivity contribution is -0.205. The van der Waals surface area contributed by atoms with Gasteiger partial charge in [-0.05, 0) is 13.8 Å². The van der Waals surface area contributed by atoms with Gasteiger partial charge < -0.3 is 9.47 Å². The molecule has 0 fully saturated rings. The molecule has 7 nitrogen and oxygen atoms in total. The minimum absolute atomic E-state index is 0.356. The van der Waals surface area contributed by atoms with Crippen molar-refractivity contribution < 1.29 is 49.5 Å². The fourth-order valence-electron chi connectivity index (χ4n) is 1.85. The highest BCUT2D eigenvalue weighted by Gasteiger charge is 2.65. The predicted molar refractivity (Wildman–Crippen MR) is 74.6 cm³/mol. The van der Waals surface area contributed by atoms with Gasteiger partial charge in [-0.25, -0.2) is 18.1 Å². The van der Waals surface area contributed by atoms with E-state index in [1.807, 2.05) is 0 Å². The van der Waals surface area contributed by atoms with Crippen molar-refractivity contribution in [2.45, 2.75) is 38.3 Å². The van der Waals surface area contributed by atoms with Crippen LogP contribution in [0.3, 0.4) is 0 Å². The number of ether oxygens (including phenoxy) is 2. The van der Waals surface area contributed by atoms with Crippen LogP contribution in [0.15, 0.2) is 23.2 Å². The van der Waals surface area contributed by atoms with Crippen molar-refractivity contribution in [1.82, 2.24) is 0 Å². The standard InChI is InChI=1S/C13H16F4O7S/c1-4-7(18)23-10-8(14)11(16)13(21-5-2,12(17)9(10)15)25(19,20)24-22-6-3/h11H,4-6H2,1-3H3. The maximum Gasteiger partial charge on any atom is 0.334 e. The summed E-state index contributed by atoms with van der Waals surface area (Å²) in [5, 5.41) is 0. The van der Waals surface area contributed by atoms with E-state index < -0.39 is 57.0 Å². The number of rotatable bonds is 8. The zero-order valence-electron chi connectivity index (χ0n) is 13.5. The number of carbonyl (C=O) groups excluding carboxylic acids is 1. The van der Waals surface area contributed by atoms with Gasteiger partial charge in [-0.3, -0.25) is 4.79 Å². The van der Waals surface area contributed by atoms with Crippen LogP contribution >= 0.6 is 0 Å². The lowest BCUT2D eigenvalue weighted by Crippen LogP contribution is -2.53. The van der Waals surface area contributed by atoms with E-state index in [9.17, 15) is 30.8 Å². The number of carbonyl (C=O) groups is 1. The van der Waals surface area contributed by atoms with Crippen LogP contribution in [0.1, 0.15) is 27.2 Å². The molecule has 0 saturated heterocycles. The van der Waals surface area contributed by atoms with Gasteiger partial charge in [0.15, 0.2) is 11.7 Å². The molecule has 144 valence electrons. The van der Waals surface area contributed by atoms with Crippen LogP contribution in [-0.2, 0) is 33.6 Å². The number of esters is 1. The maximum atomic E-state index is 14.5. The molecule has 2 atom stereocenters. The molecular weight excluding hydrogens is 376 g/mol. The predicted octanol–water partition coefficient (Wildman–Crippen LogP) is 2.65. The Hall–Kier alpha value is -1.50. The second-order valence-electron chi connectivity index (χ2n) is 4.52. The summed E-state index contributed by atoms with van der Waals surface area (Å²) in [5.41, 5.74) is 0. The number of halogens is 4. The molecule has 0 radical (unpaired) electrons. The molecule has 0 saturated carbocycles. The van der Waals surface area contributed by atoms with E-state index in [2.05, 4.69) is 18.7 Å². The van der Waals surface area contributed by atoms with Crippen LogP contribution in [-0.4, -0.2) is 38.7 Å². The van der Waals surface area contributed by atoms with Gasteiger partial charge in [0, 0.05) is 13.0 Å². The Morgan fingerprint density at radius 1 is 1.16 bits per heavy atom. The monoisotopic (exact) mass is 392 g/mol. The second-order valence-corrected chi connectivity index (χ2v) is 6.18. The van der Waals surface area contributed by atoms with Gasteiger partial charge in [0.05, 0.1) is 6.61 Å². The smallest absolute Gasteiger partial charge is 0.334 e. The van der Waals surface area contributed by atoms with E-state index >= 15 is 0 Å². The van der Waals surface area contributed by atoms with Gasteiger partial charge >= 0.3 is 16.1 Å². The third-order valence-electron chi connectivity index (χ3n) is 2.96. The molecule has 0 N–H and O–H groups in total. The molecule has 25 heavy (non-hydrogen) atoms. The molecule has 0 aliphatic heterocycles. The zero-order chi connectivity index (χ0) is 19.4. The van der Waals surface area contributed by atoms with Crippen molar-refractivity contribution in [1.29, 1.82) is 0 Å². The van der Waals surface area contributed by atoms with E-state index in [0.717, 1.165) is 6.92 Å². The van der Waals surface area contributed by atoms with Gasteiger partial charge in [0.25, 0.3) is 4.93 Å². The molecule has 2 unspecified atom stereocenters. The van der Waals surface area contributed by atoms with E-state index in [0.29, 0.717) is 0 Å². The van der Waals surface area contributed by atoms with Crippen molar-refractivity contribution in [2.75, 3.05) is 13.2 Å². The molecule has 0 aromatic heterocycles. The SMILES string of the molecule is CCOOS(=O)(=O)C1(OCC)C(F)=C(F)C(OC(=O)CC)=C(F)C1F. The topological polar surface area (TPSA) is 88.1 Å². The maximum absolute atomic E-state index is 14.5. The summed E-state index contributed by atoms with van der Waals surface area (Å²) in [7, 11) is -5.50. The van der Waals surface area contributed by atoms with Gasteiger partial charge in [-0.15, -0.1) is 4.33 Å². The number of hydrogen-bond acceptors (Lipinski definition) is 7. The third kappa shape index (κ3) is 3.71. The summed E-state index contributed by atoms with van der Waals surface area (Å²) in [6.07, 6.45) is -3.78. The lowest BCUT2D eigenvalue weighted by Gasteiger charge is -2.34. The number of alkyl halides is 1. The molecule has 1 rings (SSSR count). The van der Waals surface area contributed by atoms with Crippen LogP contribution in [0, 0.1) is 0 Å². The highest BCUT2D eigenvalue weighted by molar-refractivity contribution is 7.88. The highest BCUT2D eigenvalue weighted by atomic mass is 32.2. The Morgan fingerprint density at radius 3 is 2.24 bits per heavy atom. The van der Waals surface area contributed by atoms with Crippen LogP contribution in [0.4, 0.5) is 17.6 Å². The summed E-state index contributed by atoms with van der Waals surface area (Å²) in [6, 6.07) is 0. The Morgan fingerprint density at radius 2 is 1.76 bits per heavy atom. The van der Waals surface area contributed by atoms with Crippen molar-refractivity contribution in [3.8, 4) is 0 Å². The fraction of sp³-hybridized carbons (Fsp3) is 0.615. The van der Waals surface area contributed by atoms with Crippen molar-refractivity contribution in [2.24, 2.45) is 0 Å². The first-order valence-electron chi connectivity index (χ1n) is 7.10. The average Bonchev–Trinajstić information content (AvgIpc) is 2.58. The minimum atomic E-state index is -5.50. The van der Waals surface area contributed by atoms with Crippen LogP contribution in [0.25, 0.3) is 0 Å². The summed E-state index contributed by atoms with van der Waals surface area (Å²) in [5.74, 6) is -9.69. The number of hydrogen-bond donors (Lipinski definition) is 0. The first-order chi connectivity index (χ1) is 11.6. The van der Waals surface area contributed by atoms with E-state index in [1.54, 1.807) is 0 Å². The molecule has 12 heteroatoms. The Kier molecular flexibility index (Phi) is 7.11. The van der Waals surface area contributed by atoms with Crippen LogP contribution in [0.2, 0.25) is 0 Å². The molecule has 0 aromatic carbocycles. The summed E-state index contributed by atoms with van der Waals surface area (Å²) in [4.78, 5) is 11.5. The molecule has 0 bridgehead atoms. The summed E-state index contributed by atoms with van der Waals surface area (Å²) >= 11 is 0. The van der Waals surface area contributed by atoms with Gasteiger partial charge in [-0.2, -0.15) is 12.8 Å². The molecule has 1 aliphatic rings. The molecule has 1 aliphatic carbocycles. The average molecular weight is 392 g/mol. The van der Waals surface area contributed by atoms with E-state index in [4.69, 9.17) is 0 Å². The van der Waals surface area contributed by atoms with Gasteiger partial charge in [0.2, 0.25) is 17.8 Å². The van der Waals surface area contributed by atoms with E-state index in [-0.39, 0.29) is 13.0 Å². The normalized spacial score (nSPS) is 24.7. The lowest BCUT2D eigenvalue weighted by atomic mass is 10.0. The fourth-order valence-corrected chi connectivity index (χ4v) is 3.10. The van der Waals surface area contributed by atoms with Gasteiger partial charge in [-0.1, -0.05) is 6.92 Å². The Balaban J connectivity index is 3.56. The Bertz CT molecular complexity index is 688. The van der Waals surface area contributed by atoms with Crippen molar-refractivity contribution in [3.05, 3.63) is 23.2 Å². The van der Waals surface area contributed by atoms with E-state index in [1.165, 1.54) is 13.8 Å². The molecule has 0 spiro atoms. The van der Waals surface area contributed by atoms with Gasteiger partial charge in [0.1, 0.15) is 0 Å². The highest BCUT2D eigenvalue weighted by Crippen LogP contribution is 2.47. The molecule has 0 amide bonds. The molecule has 0 aromatic rings. The Labute approximate surface area is 141 Å². The molecular formula is C13H16F4O7S. The van der Waals surface area contributed by atoms with Crippen molar-refractivity contribution in [3.63, 3.8) is 0 Å². The first kappa shape index (κ1) is 21.5.